The maximum absolute atomic E-state index is 13.0. The fraction of sp³-hybridized carbons (Fsp3) is 0.538. The summed E-state index contributed by atoms with van der Waals surface area (Å²) in [5.41, 5.74) is 6.96. The molecule has 90 valence electrons. The molecule has 1 nitrogen and oxygen atoms in total. The zero-order valence-corrected chi connectivity index (χ0v) is 10.8. The van der Waals surface area contributed by atoms with Crippen LogP contribution in [0.25, 0.3) is 0 Å². The van der Waals surface area contributed by atoms with Crippen LogP contribution < -0.4 is 5.73 Å². The topological polar surface area (TPSA) is 26.0 Å². The van der Waals surface area contributed by atoms with Crippen molar-refractivity contribution in [1.82, 2.24) is 0 Å². The highest BCUT2D eigenvalue weighted by molar-refractivity contribution is 6.30. The predicted molar refractivity (Wildman–Crippen MR) is 67.2 cm³/mol. The van der Waals surface area contributed by atoms with Crippen molar-refractivity contribution in [1.29, 1.82) is 0 Å². The molecule has 0 saturated heterocycles. The van der Waals surface area contributed by atoms with Crippen LogP contribution in [-0.4, -0.2) is 6.04 Å². The lowest BCUT2D eigenvalue weighted by molar-refractivity contribution is 0.309. The van der Waals surface area contributed by atoms with Crippen LogP contribution in [0, 0.1) is 11.2 Å². The summed E-state index contributed by atoms with van der Waals surface area (Å²) >= 11 is 5.75. The first-order chi connectivity index (χ1) is 7.30. The second-order valence-electron chi connectivity index (χ2n) is 5.27. The first-order valence-electron chi connectivity index (χ1n) is 5.50. The summed E-state index contributed by atoms with van der Waals surface area (Å²) in [5.74, 6) is -0.365. The molecule has 1 aromatic carbocycles. The third kappa shape index (κ3) is 4.11. The molecule has 0 aliphatic heterocycles. The van der Waals surface area contributed by atoms with Gasteiger partial charge in [-0.15, -0.1) is 0 Å². The van der Waals surface area contributed by atoms with Crippen molar-refractivity contribution < 1.29 is 4.39 Å². The Kier molecular flexibility index (Phi) is 4.34. The van der Waals surface area contributed by atoms with Gasteiger partial charge in [-0.25, -0.2) is 4.39 Å². The van der Waals surface area contributed by atoms with E-state index in [1.807, 2.05) is 6.92 Å². The highest BCUT2D eigenvalue weighted by Crippen LogP contribution is 2.28. The summed E-state index contributed by atoms with van der Waals surface area (Å²) in [6.07, 6.45) is 1.79. The minimum Gasteiger partial charge on any atom is -0.328 e. The minimum atomic E-state index is -0.365. The second kappa shape index (κ2) is 5.15. The van der Waals surface area contributed by atoms with Crippen molar-refractivity contribution >= 4 is 11.6 Å². The van der Waals surface area contributed by atoms with Gasteiger partial charge in [0, 0.05) is 6.04 Å². The average molecular weight is 244 g/mol. The third-order valence-electron chi connectivity index (χ3n) is 2.54. The van der Waals surface area contributed by atoms with E-state index in [1.165, 1.54) is 6.07 Å². The van der Waals surface area contributed by atoms with Crippen LogP contribution in [0.1, 0.15) is 32.8 Å². The molecule has 0 heterocycles. The summed E-state index contributed by atoms with van der Waals surface area (Å²) < 4.78 is 13.0. The van der Waals surface area contributed by atoms with Gasteiger partial charge in [0.2, 0.25) is 0 Å². The lowest BCUT2D eigenvalue weighted by Gasteiger charge is -2.26. The van der Waals surface area contributed by atoms with Gasteiger partial charge >= 0.3 is 0 Å². The highest BCUT2D eigenvalue weighted by Gasteiger charge is 2.20. The van der Waals surface area contributed by atoms with Gasteiger partial charge in [-0.1, -0.05) is 31.5 Å². The lowest BCUT2D eigenvalue weighted by atomic mass is 9.80. The van der Waals surface area contributed by atoms with Crippen LogP contribution in [0.15, 0.2) is 18.2 Å². The molecule has 0 aliphatic rings. The Morgan fingerprint density at radius 2 is 2.06 bits per heavy atom. The quantitative estimate of drug-likeness (QED) is 0.856. The number of nitrogens with two attached hydrogens (primary N) is 1. The van der Waals surface area contributed by atoms with E-state index in [9.17, 15) is 4.39 Å². The fourth-order valence-electron chi connectivity index (χ4n) is 2.15. The molecule has 0 aromatic heterocycles. The third-order valence-corrected chi connectivity index (χ3v) is 2.83. The molecule has 0 radical (unpaired) electrons. The van der Waals surface area contributed by atoms with Crippen molar-refractivity contribution in [3.63, 3.8) is 0 Å². The van der Waals surface area contributed by atoms with Crippen molar-refractivity contribution in [3.05, 3.63) is 34.6 Å². The summed E-state index contributed by atoms with van der Waals surface area (Å²) in [4.78, 5) is 0. The minimum absolute atomic E-state index is 0.106. The fourth-order valence-corrected chi connectivity index (χ4v) is 2.35. The zero-order valence-electron chi connectivity index (χ0n) is 10.1. The Balaban J connectivity index is 2.76. The van der Waals surface area contributed by atoms with Gasteiger partial charge < -0.3 is 5.73 Å². The van der Waals surface area contributed by atoms with E-state index in [-0.39, 0.29) is 22.3 Å². The van der Waals surface area contributed by atoms with Crippen molar-refractivity contribution in [2.24, 2.45) is 11.1 Å². The predicted octanol–water partition coefficient (Wildman–Crippen LogP) is 3.79. The standard InChI is InChI=1S/C13H19ClFN/c1-9(16)7-13(2,3)8-10-4-5-12(15)11(14)6-10/h4-6,9H,7-8,16H2,1-3H3. The lowest BCUT2D eigenvalue weighted by Crippen LogP contribution is -2.26. The highest BCUT2D eigenvalue weighted by atomic mass is 35.5. The van der Waals surface area contributed by atoms with Crippen LogP contribution in [0.3, 0.4) is 0 Å². The Morgan fingerprint density at radius 1 is 1.44 bits per heavy atom. The van der Waals surface area contributed by atoms with Crippen LogP contribution in [0.2, 0.25) is 5.02 Å². The Hall–Kier alpha value is -0.600. The first-order valence-corrected chi connectivity index (χ1v) is 5.87. The first kappa shape index (κ1) is 13.5. The molecule has 0 saturated carbocycles. The van der Waals surface area contributed by atoms with E-state index in [0.29, 0.717) is 0 Å². The van der Waals surface area contributed by atoms with E-state index < -0.39 is 0 Å². The van der Waals surface area contributed by atoms with E-state index in [1.54, 1.807) is 12.1 Å². The van der Waals surface area contributed by atoms with E-state index in [2.05, 4.69) is 13.8 Å². The smallest absolute Gasteiger partial charge is 0.141 e. The number of benzene rings is 1. The normalized spacial score (nSPS) is 13.9. The average Bonchev–Trinajstić information content (AvgIpc) is 2.08. The number of hydrogen-bond donors (Lipinski definition) is 1. The molecule has 0 amide bonds. The molecule has 0 fully saturated rings. The molecule has 1 rings (SSSR count). The van der Waals surface area contributed by atoms with Crippen LogP contribution in [-0.2, 0) is 6.42 Å². The largest absolute Gasteiger partial charge is 0.328 e. The molecular formula is C13H19ClFN. The molecular weight excluding hydrogens is 225 g/mol. The van der Waals surface area contributed by atoms with E-state index >= 15 is 0 Å². The summed E-state index contributed by atoms with van der Waals surface area (Å²) in [5, 5.41) is 0.189. The molecule has 0 spiro atoms. The zero-order chi connectivity index (χ0) is 12.3. The number of rotatable bonds is 4. The maximum atomic E-state index is 13.0. The molecule has 2 N–H and O–H groups in total. The monoisotopic (exact) mass is 243 g/mol. The van der Waals surface area contributed by atoms with Gasteiger partial charge in [0.25, 0.3) is 0 Å². The molecule has 1 unspecified atom stereocenters. The maximum Gasteiger partial charge on any atom is 0.141 e. The van der Waals surface area contributed by atoms with Crippen LogP contribution in [0.5, 0.6) is 0 Å². The summed E-state index contributed by atoms with van der Waals surface area (Å²) in [7, 11) is 0. The van der Waals surface area contributed by atoms with E-state index in [4.69, 9.17) is 17.3 Å². The molecule has 0 aliphatic carbocycles. The second-order valence-corrected chi connectivity index (χ2v) is 5.68. The molecule has 16 heavy (non-hydrogen) atoms. The van der Waals surface area contributed by atoms with Gasteiger partial charge in [0.1, 0.15) is 5.82 Å². The van der Waals surface area contributed by atoms with E-state index in [0.717, 1.165) is 18.4 Å². The molecule has 1 atom stereocenters. The molecule has 0 bridgehead atoms. The Bertz CT molecular complexity index is 361. The Morgan fingerprint density at radius 3 is 2.56 bits per heavy atom. The van der Waals surface area contributed by atoms with Gasteiger partial charge in [0.05, 0.1) is 5.02 Å². The Labute approximate surface area is 102 Å². The molecule has 3 heteroatoms. The summed E-state index contributed by atoms with van der Waals surface area (Å²) in [6.45, 7) is 6.32. The molecule has 1 aromatic rings. The van der Waals surface area contributed by atoms with Crippen LogP contribution in [0.4, 0.5) is 4.39 Å². The van der Waals surface area contributed by atoms with Crippen molar-refractivity contribution in [3.8, 4) is 0 Å². The van der Waals surface area contributed by atoms with Crippen molar-refractivity contribution in [2.45, 2.75) is 39.7 Å². The summed E-state index contributed by atoms with van der Waals surface area (Å²) in [6, 6.07) is 5.06. The van der Waals surface area contributed by atoms with Crippen LogP contribution >= 0.6 is 11.6 Å². The number of halogens is 2. The van der Waals surface area contributed by atoms with Gasteiger partial charge in [-0.3, -0.25) is 0 Å². The van der Waals surface area contributed by atoms with Gasteiger partial charge in [-0.2, -0.15) is 0 Å². The van der Waals surface area contributed by atoms with Crippen molar-refractivity contribution in [2.75, 3.05) is 0 Å². The SMILES string of the molecule is CC(N)CC(C)(C)Cc1ccc(F)c(Cl)c1. The van der Waals surface area contributed by atoms with Gasteiger partial charge in [-0.05, 0) is 42.9 Å². The van der Waals surface area contributed by atoms with Gasteiger partial charge in [0.15, 0.2) is 0 Å². The number of hydrogen-bond acceptors (Lipinski definition) is 1.